The number of amides is 1. The number of nitrogens with two attached hydrogens (primary N) is 1. The van der Waals surface area contributed by atoms with Gasteiger partial charge in [0.05, 0.1) is 18.2 Å². The Balaban J connectivity index is 2.22. The predicted octanol–water partition coefficient (Wildman–Crippen LogP) is 1.39. The highest BCUT2D eigenvalue weighted by molar-refractivity contribution is 6.03. The molecule has 2 rings (SSSR count). The molecule has 1 heterocycles. The average Bonchev–Trinajstić information content (AvgIpc) is 2.68. The minimum absolute atomic E-state index is 0.0883. The summed E-state index contributed by atoms with van der Waals surface area (Å²) < 4.78 is 15.0. The maximum absolute atomic E-state index is 13.4. The van der Waals surface area contributed by atoms with E-state index in [4.69, 9.17) is 5.73 Å². The Morgan fingerprint density at radius 2 is 2.29 bits per heavy atom. The highest BCUT2D eigenvalue weighted by Gasteiger charge is 2.12. The van der Waals surface area contributed by atoms with Gasteiger partial charge in [0.2, 0.25) is 0 Å². The van der Waals surface area contributed by atoms with Crippen LogP contribution in [-0.4, -0.2) is 15.5 Å². The molecule has 17 heavy (non-hydrogen) atoms. The molecule has 0 radical (unpaired) electrons. The van der Waals surface area contributed by atoms with E-state index in [1.807, 2.05) is 0 Å². The number of imidazole rings is 1. The Morgan fingerprint density at radius 3 is 2.88 bits per heavy atom. The summed E-state index contributed by atoms with van der Waals surface area (Å²) in [5, 5.41) is 2.45. The number of nitrogens with zero attached hydrogens (tertiary/aromatic N) is 2. The van der Waals surface area contributed by atoms with E-state index >= 15 is 0 Å². The van der Waals surface area contributed by atoms with Gasteiger partial charge in [-0.25, -0.2) is 9.37 Å². The van der Waals surface area contributed by atoms with E-state index in [2.05, 4.69) is 10.3 Å². The molecule has 6 heteroatoms. The predicted molar refractivity (Wildman–Crippen MR) is 62.0 cm³/mol. The molecule has 1 amide bonds. The highest BCUT2D eigenvalue weighted by atomic mass is 19.1. The first-order valence-corrected chi connectivity index (χ1v) is 4.90. The lowest BCUT2D eigenvalue weighted by Crippen LogP contribution is -2.16. The number of halogens is 1. The summed E-state index contributed by atoms with van der Waals surface area (Å²) >= 11 is 0. The van der Waals surface area contributed by atoms with Crippen LogP contribution in [0, 0.1) is 5.82 Å². The minimum Gasteiger partial charge on any atom is -0.399 e. The molecule has 0 bridgehead atoms. The third-order valence-corrected chi connectivity index (χ3v) is 2.29. The lowest BCUT2D eigenvalue weighted by molar-refractivity contribution is 0.101. The SMILES string of the molecule is Cn1cncc1C(=O)Nc1ccc(N)cc1F. The normalized spacial score (nSPS) is 10.2. The van der Waals surface area contributed by atoms with Crippen molar-refractivity contribution in [1.82, 2.24) is 9.55 Å². The second-order valence-corrected chi connectivity index (χ2v) is 3.58. The topological polar surface area (TPSA) is 72.9 Å². The summed E-state index contributed by atoms with van der Waals surface area (Å²) in [6, 6.07) is 4.08. The molecule has 0 aliphatic rings. The Bertz CT molecular complexity index is 564. The molecule has 0 spiro atoms. The van der Waals surface area contributed by atoms with Crippen molar-refractivity contribution in [3.63, 3.8) is 0 Å². The number of carbonyl (C=O) groups is 1. The van der Waals surface area contributed by atoms with Crippen molar-refractivity contribution in [2.75, 3.05) is 11.1 Å². The van der Waals surface area contributed by atoms with Crippen LogP contribution in [0.5, 0.6) is 0 Å². The summed E-state index contributed by atoms with van der Waals surface area (Å²) in [7, 11) is 1.68. The van der Waals surface area contributed by atoms with Crippen molar-refractivity contribution in [1.29, 1.82) is 0 Å². The Hall–Kier alpha value is -2.37. The first-order chi connectivity index (χ1) is 8.08. The first kappa shape index (κ1) is 11.1. The number of hydrogen-bond donors (Lipinski definition) is 2. The molecule has 2 aromatic rings. The number of hydrogen-bond acceptors (Lipinski definition) is 3. The maximum atomic E-state index is 13.4. The summed E-state index contributed by atoms with van der Waals surface area (Å²) in [6.45, 7) is 0. The molecule has 0 fully saturated rings. The van der Waals surface area contributed by atoms with E-state index in [-0.39, 0.29) is 5.69 Å². The van der Waals surface area contributed by atoms with Gasteiger partial charge >= 0.3 is 0 Å². The van der Waals surface area contributed by atoms with E-state index in [0.29, 0.717) is 11.4 Å². The molecule has 0 atom stereocenters. The third-order valence-electron chi connectivity index (χ3n) is 2.29. The molecule has 0 saturated carbocycles. The van der Waals surface area contributed by atoms with Gasteiger partial charge in [-0.1, -0.05) is 0 Å². The molecule has 0 aliphatic heterocycles. The molecule has 0 unspecified atom stereocenters. The van der Waals surface area contributed by atoms with E-state index in [1.165, 1.54) is 24.7 Å². The van der Waals surface area contributed by atoms with Crippen LogP contribution in [0.2, 0.25) is 0 Å². The number of aromatic nitrogens is 2. The number of nitrogen functional groups attached to an aromatic ring is 1. The zero-order chi connectivity index (χ0) is 12.4. The van der Waals surface area contributed by atoms with Gasteiger partial charge in [0.25, 0.3) is 5.91 Å². The van der Waals surface area contributed by atoms with E-state index in [0.717, 1.165) is 6.07 Å². The third kappa shape index (κ3) is 2.25. The highest BCUT2D eigenvalue weighted by Crippen LogP contribution is 2.17. The maximum Gasteiger partial charge on any atom is 0.274 e. The quantitative estimate of drug-likeness (QED) is 0.771. The van der Waals surface area contributed by atoms with Crippen LogP contribution in [0.15, 0.2) is 30.7 Å². The van der Waals surface area contributed by atoms with E-state index in [9.17, 15) is 9.18 Å². The smallest absolute Gasteiger partial charge is 0.274 e. The summed E-state index contributed by atoms with van der Waals surface area (Å²) in [4.78, 5) is 15.6. The van der Waals surface area contributed by atoms with E-state index < -0.39 is 11.7 Å². The van der Waals surface area contributed by atoms with Gasteiger partial charge in [0, 0.05) is 12.7 Å². The summed E-state index contributed by atoms with van der Waals surface area (Å²) in [5.74, 6) is -0.991. The molecule has 0 aliphatic carbocycles. The number of anilines is 2. The monoisotopic (exact) mass is 234 g/mol. The number of carbonyl (C=O) groups excluding carboxylic acids is 1. The average molecular weight is 234 g/mol. The van der Waals surface area contributed by atoms with Crippen molar-refractivity contribution in [2.24, 2.45) is 7.05 Å². The molecule has 1 aromatic carbocycles. The van der Waals surface area contributed by atoms with Crippen molar-refractivity contribution in [2.45, 2.75) is 0 Å². The number of rotatable bonds is 2. The van der Waals surface area contributed by atoms with Crippen LogP contribution in [-0.2, 0) is 7.05 Å². The Kier molecular flexibility index (Phi) is 2.78. The van der Waals surface area contributed by atoms with Crippen LogP contribution < -0.4 is 11.1 Å². The van der Waals surface area contributed by atoms with Crippen LogP contribution in [0.1, 0.15) is 10.5 Å². The first-order valence-electron chi connectivity index (χ1n) is 4.90. The minimum atomic E-state index is -0.569. The zero-order valence-corrected chi connectivity index (χ0v) is 9.14. The van der Waals surface area contributed by atoms with Crippen molar-refractivity contribution < 1.29 is 9.18 Å². The molecule has 1 aromatic heterocycles. The standard InChI is InChI=1S/C11H11FN4O/c1-16-6-14-5-10(16)11(17)15-9-3-2-7(13)4-8(9)12/h2-6H,13H2,1H3,(H,15,17). The van der Waals surface area contributed by atoms with Gasteiger partial charge in [0.15, 0.2) is 0 Å². The second-order valence-electron chi connectivity index (χ2n) is 3.58. The van der Waals surface area contributed by atoms with Crippen LogP contribution in [0.3, 0.4) is 0 Å². The van der Waals surface area contributed by atoms with Crippen LogP contribution in [0.4, 0.5) is 15.8 Å². The van der Waals surface area contributed by atoms with Crippen molar-refractivity contribution in [3.05, 3.63) is 42.2 Å². The summed E-state index contributed by atoms with van der Waals surface area (Å²) in [6.07, 6.45) is 2.90. The number of nitrogens with one attached hydrogen (secondary N) is 1. The van der Waals surface area contributed by atoms with Gasteiger partial charge in [-0.05, 0) is 18.2 Å². The molecular formula is C11H11FN4O. The fourth-order valence-corrected chi connectivity index (χ4v) is 1.40. The fourth-order valence-electron chi connectivity index (χ4n) is 1.40. The lowest BCUT2D eigenvalue weighted by atomic mass is 10.2. The Labute approximate surface area is 97.1 Å². The fraction of sp³-hybridized carbons (Fsp3) is 0.0909. The lowest BCUT2D eigenvalue weighted by Gasteiger charge is -2.06. The van der Waals surface area contributed by atoms with Crippen molar-refractivity contribution in [3.8, 4) is 0 Å². The molecule has 5 nitrogen and oxygen atoms in total. The number of benzene rings is 1. The van der Waals surface area contributed by atoms with Gasteiger partial charge in [-0.2, -0.15) is 0 Å². The van der Waals surface area contributed by atoms with Gasteiger partial charge in [-0.3, -0.25) is 4.79 Å². The molecule has 0 saturated heterocycles. The number of aryl methyl sites for hydroxylation is 1. The molecular weight excluding hydrogens is 223 g/mol. The second kappa shape index (κ2) is 4.25. The zero-order valence-electron chi connectivity index (χ0n) is 9.14. The largest absolute Gasteiger partial charge is 0.399 e. The van der Waals surface area contributed by atoms with Crippen molar-refractivity contribution >= 4 is 17.3 Å². The van der Waals surface area contributed by atoms with Gasteiger partial charge < -0.3 is 15.6 Å². The molecule has 88 valence electrons. The van der Waals surface area contributed by atoms with Gasteiger partial charge in [-0.15, -0.1) is 0 Å². The van der Waals surface area contributed by atoms with Crippen LogP contribution >= 0.6 is 0 Å². The molecule has 3 N–H and O–H groups in total. The Morgan fingerprint density at radius 1 is 1.53 bits per heavy atom. The summed E-state index contributed by atoms with van der Waals surface area (Å²) in [5.41, 5.74) is 6.15. The van der Waals surface area contributed by atoms with E-state index in [1.54, 1.807) is 11.6 Å². The van der Waals surface area contributed by atoms with Gasteiger partial charge in [0.1, 0.15) is 11.5 Å². The van der Waals surface area contributed by atoms with Crippen LogP contribution in [0.25, 0.3) is 0 Å².